The Bertz CT molecular complexity index is 1590. The number of amides is 2. The first-order valence-electron chi connectivity index (χ1n) is 15.0. The summed E-state index contributed by atoms with van der Waals surface area (Å²) in [6.07, 6.45) is 2.51. The molecule has 3 fully saturated rings. The maximum atomic E-state index is 14.0. The molecule has 10 nitrogen and oxygen atoms in total. The van der Waals surface area contributed by atoms with Crippen molar-refractivity contribution in [3.8, 4) is 5.88 Å². The van der Waals surface area contributed by atoms with Crippen LogP contribution in [0.5, 0.6) is 5.88 Å². The van der Waals surface area contributed by atoms with Crippen molar-refractivity contribution in [2.45, 2.75) is 91.0 Å². The van der Waals surface area contributed by atoms with Crippen LogP contribution in [0.25, 0.3) is 10.9 Å². The molecule has 1 aliphatic heterocycles. The van der Waals surface area contributed by atoms with Gasteiger partial charge in [0.15, 0.2) is 5.78 Å². The lowest BCUT2D eigenvalue weighted by Gasteiger charge is -2.33. The summed E-state index contributed by atoms with van der Waals surface area (Å²) in [4.78, 5) is 51.8. The highest BCUT2D eigenvalue weighted by Gasteiger charge is 2.61. The van der Waals surface area contributed by atoms with Gasteiger partial charge in [-0.15, -0.1) is 6.58 Å². The standard InChI is InChI=1S/C32H42N4O6S/c1-8-21-15-32(21,30(39)35-43(40,41)23-10-11-23)16-27(37)26-14-22(17-36(26)29(38)19(3)31(5,6)7)42-28-24-13-18(2)9-12-25(24)33-20(4)34-28/h8-9,12-13,19,21-23,26H,1,10-11,14-17H2,2-7H3,(H,35,39)/t19-,21-,22-,26?,32-/m1/s1. The second-order valence-electron chi connectivity index (χ2n) is 13.7. The number of benzene rings is 1. The van der Waals surface area contributed by atoms with Gasteiger partial charge in [0.1, 0.15) is 11.9 Å². The van der Waals surface area contributed by atoms with Gasteiger partial charge in [-0.2, -0.15) is 4.98 Å². The number of nitrogens with zero attached hydrogens (tertiary/aromatic N) is 3. The third-order valence-electron chi connectivity index (χ3n) is 9.35. The van der Waals surface area contributed by atoms with Crippen molar-refractivity contribution in [2.75, 3.05) is 6.54 Å². The molecular formula is C32H42N4O6S. The van der Waals surface area contributed by atoms with Gasteiger partial charge in [-0.05, 0) is 56.6 Å². The van der Waals surface area contributed by atoms with E-state index in [-0.39, 0.29) is 48.3 Å². The molecule has 232 valence electrons. The van der Waals surface area contributed by atoms with E-state index in [1.807, 2.05) is 52.8 Å². The molecule has 0 radical (unpaired) electrons. The minimum absolute atomic E-state index is 0.164. The average Bonchev–Trinajstić information content (AvgIpc) is 3.84. The van der Waals surface area contributed by atoms with Crippen LogP contribution < -0.4 is 9.46 Å². The highest BCUT2D eigenvalue weighted by molar-refractivity contribution is 7.90. The van der Waals surface area contributed by atoms with Gasteiger partial charge in [-0.3, -0.25) is 19.1 Å². The van der Waals surface area contributed by atoms with Crippen LogP contribution in [0.1, 0.15) is 71.2 Å². The van der Waals surface area contributed by atoms with E-state index in [2.05, 4.69) is 21.3 Å². The second kappa shape index (κ2) is 11.0. The molecule has 11 heteroatoms. The zero-order chi connectivity index (χ0) is 31.5. The van der Waals surface area contributed by atoms with Gasteiger partial charge >= 0.3 is 0 Å². The molecule has 3 aliphatic rings. The lowest BCUT2D eigenvalue weighted by atomic mass is 9.81. The molecule has 0 spiro atoms. The average molecular weight is 611 g/mol. The number of carbonyl (C=O) groups excluding carboxylic acids is 3. The number of hydrogen-bond donors (Lipinski definition) is 1. The number of Topliss-reactive ketones (excluding diaryl/α,β-unsaturated/α-hetero) is 1. The van der Waals surface area contributed by atoms with E-state index in [1.165, 1.54) is 0 Å². The molecule has 2 aromatic rings. The summed E-state index contributed by atoms with van der Waals surface area (Å²) in [6.45, 7) is 15.5. The van der Waals surface area contributed by atoms with Gasteiger partial charge in [-0.1, -0.05) is 45.4 Å². The van der Waals surface area contributed by atoms with Crippen LogP contribution in [-0.2, 0) is 24.4 Å². The van der Waals surface area contributed by atoms with Crippen LogP contribution in [-0.4, -0.2) is 64.8 Å². The number of carbonyl (C=O) groups is 3. The van der Waals surface area contributed by atoms with E-state index < -0.39 is 38.7 Å². The summed E-state index contributed by atoms with van der Waals surface area (Å²) in [7, 11) is -3.78. The van der Waals surface area contributed by atoms with Crippen molar-refractivity contribution >= 4 is 38.5 Å². The Hall–Kier alpha value is -3.34. The third kappa shape index (κ3) is 6.18. The van der Waals surface area contributed by atoms with E-state index in [1.54, 1.807) is 17.9 Å². The summed E-state index contributed by atoms with van der Waals surface area (Å²) in [6, 6.07) is 5.00. The number of aromatic nitrogens is 2. The molecule has 1 unspecified atom stereocenters. The molecule has 2 amide bonds. The minimum atomic E-state index is -3.78. The first kappa shape index (κ1) is 31.1. The van der Waals surface area contributed by atoms with Crippen molar-refractivity contribution in [2.24, 2.45) is 22.7 Å². The van der Waals surface area contributed by atoms with Crippen molar-refractivity contribution in [3.05, 3.63) is 42.2 Å². The SMILES string of the molecule is C=C[C@@H]1C[C@]1(CC(=O)C1C[C@@H](Oc2nc(C)nc3ccc(C)cc23)CN1C(=O)[C@@H](C)C(C)(C)C)C(=O)NS(=O)(=O)C1CC1. The molecule has 1 aromatic carbocycles. The summed E-state index contributed by atoms with van der Waals surface area (Å²) in [5.41, 5.74) is 0.227. The van der Waals surface area contributed by atoms with Crippen molar-refractivity contribution < 1.29 is 27.5 Å². The van der Waals surface area contributed by atoms with Crippen LogP contribution >= 0.6 is 0 Å². The molecule has 0 bridgehead atoms. The third-order valence-corrected chi connectivity index (χ3v) is 11.2. The van der Waals surface area contributed by atoms with Crippen molar-refractivity contribution in [1.82, 2.24) is 19.6 Å². The van der Waals surface area contributed by atoms with Gasteiger partial charge in [0.2, 0.25) is 27.7 Å². The van der Waals surface area contributed by atoms with Crippen molar-refractivity contribution in [1.29, 1.82) is 0 Å². The Labute approximate surface area is 253 Å². The predicted molar refractivity (Wildman–Crippen MR) is 163 cm³/mol. The summed E-state index contributed by atoms with van der Waals surface area (Å²) in [5, 5.41) is 0.191. The number of fused-ring (bicyclic) bond motifs is 1. The topological polar surface area (TPSA) is 136 Å². The number of sulfonamides is 1. The van der Waals surface area contributed by atoms with Gasteiger partial charge in [0.25, 0.3) is 0 Å². The first-order valence-corrected chi connectivity index (χ1v) is 16.5. The number of likely N-dealkylation sites (tertiary alicyclic amines) is 1. The van der Waals surface area contributed by atoms with E-state index in [0.29, 0.717) is 31.0 Å². The fraction of sp³-hybridized carbons (Fsp3) is 0.594. The molecule has 1 N–H and O–H groups in total. The molecular weight excluding hydrogens is 568 g/mol. The fourth-order valence-corrected chi connectivity index (χ4v) is 7.32. The summed E-state index contributed by atoms with van der Waals surface area (Å²) >= 11 is 0. The normalized spacial score (nSPS) is 26.2. The molecule has 2 heterocycles. The maximum Gasteiger partial charge on any atom is 0.240 e. The molecule has 2 saturated carbocycles. The zero-order valence-electron chi connectivity index (χ0n) is 25.8. The largest absolute Gasteiger partial charge is 0.472 e. The monoisotopic (exact) mass is 610 g/mol. The van der Waals surface area contributed by atoms with Gasteiger partial charge in [0.05, 0.1) is 34.2 Å². The van der Waals surface area contributed by atoms with Crippen LogP contribution in [0.15, 0.2) is 30.9 Å². The summed E-state index contributed by atoms with van der Waals surface area (Å²) < 4.78 is 33.8. The molecule has 5 rings (SSSR count). The number of ether oxygens (including phenoxy) is 1. The Morgan fingerprint density at radius 3 is 2.51 bits per heavy atom. The quantitative estimate of drug-likeness (QED) is 0.398. The van der Waals surface area contributed by atoms with Crippen LogP contribution in [0.3, 0.4) is 0 Å². The Balaban J connectivity index is 1.42. The maximum absolute atomic E-state index is 14.0. The Morgan fingerprint density at radius 1 is 1.21 bits per heavy atom. The second-order valence-corrected chi connectivity index (χ2v) is 15.6. The number of allylic oxidation sites excluding steroid dienone is 1. The van der Waals surface area contributed by atoms with Crippen LogP contribution in [0.4, 0.5) is 0 Å². The van der Waals surface area contributed by atoms with Gasteiger partial charge in [0, 0.05) is 18.8 Å². The lowest BCUT2D eigenvalue weighted by molar-refractivity contribution is -0.144. The number of aryl methyl sites for hydroxylation is 2. The van der Waals surface area contributed by atoms with Crippen LogP contribution in [0.2, 0.25) is 0 Å². The number of hydrogen-bond acceptors (Lipinski definition) is 8. The van der Waals surface area contributed by atoms with Gasteiger partial charge < -0.3 is 9.64 Å². The van der Waals surface area contributed by atoms with Gasteiger partial charge in [-0.25, -0.2) is 13.4 Å². The highest BCUT2D eigenvalue weighted by atomic mass is 32.2. The minimum Gasteiger partial charge on any atom is -0.472 e. The zero-order valence-corrected chi connectivity index (χ0v) is 26.7. The molecule has 5 atom stereocenters. The first-order chi connectivity index (χ1) is 20.1. The van der Waals surface area contributed by atoms with E-state index in [4.69, 9.17) is 4.74 Å². The summed E-state index contributed by atoms with van der Waals surface area (Å²) in [5.74, 6) is -0.876. The number of rotatable bonds is 10. The van der Waals surface area contributed by atoms with E-state index >= 15 is 0 Å². The van der Waals surface area contributed by atoms with E-state index in [0.717, 1.165) is 16.5 Å². The van der Waals surface area contributed by atoms with Crippen molar-refractivity contribution in [3.63, 3.8) is 0 Å². The number of ketones is 1. The molecule has 2 aliphatic carbocycles. The molecule has 1 aromatic heterocycles. The smallest absolute Gasteiger partial charge is 0.240 e. The molecule has 43 heavy (non-hydrogen) atoms. The fourth-order valence-electron chi connectivity index (χ4n) is 5.93. The van der Waals surface area contributed by atoms with E-state index in [9.17, 15) is 22.8 Å². The highest BCUT2D eigenvalue weighted by Crippen LogP contribution is 2.57. The molecule has 1 saturated heterocycles. The van der Waals surface area contributed by atoms with Crippen LogP contribution in [0, 0.1) is 36.5 Å². The predicted octanol–water partition coefficient (Wildman–Crippen LogP) is 4.04. The lowest BCUT2D eigenvalue weighted by Crippen LogP contribution is -2.47. The number of nitrogens with one attached hydrogen (secondary N) is 1. The Kier molecular flexibility index (Phi) is 7.94. The Morgan fingerprint density at radius 2 is 1.91 bits per heavy atom.